The van der Waals surface area contributed by atoms with Gasteiger partial charge in [-0.25, -0.2) is 0 Å². The lowest BCUT2D eigenvalue weighted by Crippen LogP contribution is -2.35. The molecule has 0 spiro atoms. The summed E-state index contributed by atoms with van der Waals surface area (Å²) in [7, 11) is 0. The molecule has 1 N–H and O–H groups in total. The summed E-state index contributed by atoms with van der Waals surface area (Å²) in [4.78, 5) is 24.1. The van der Waals surface area contributed by atoms with Gasteiger partial charge in [0.05, 0.1) is 11.6 Å². The largest absolute Gasteiger partial charge is 0.417 e. The van der Waals surface area contributed by atoms with E-state index in [2.05, 4.69) is 5.32 Å². The Balaban J connectivity index is 1.75. The zero-order valence-corrected chi connectivity index (χ0v) is 14.2. The summed E-state index contributed by atoms with van der Waals surface area (Å²) < 4.78 is 39.2. The summed E-state index contributed by atoms with van der Waals surface area (Å²) >= 11 is 0. The van der Waals surface area contributed by atoms with E-state index in [9.17, 15) is 22.8 Å². The molecule has 3 rings (SSSR count). The third-order valence-electron chi connectivity index (χ3n) is 4.47. The number of rotatable bonds is 5. The van der Waals surface area contributed by atoms with Crippen molar-refractivity contribution in [1.82, 2.24) is 9.88 Å². The average molecular weight is 364 g/mol. The quantitative estimate of drug-likeness (QED) is 0.884. The number of pyridine rings is 1. The molecular weight excluding hydrogens is 345 g/mol. The van der Waals surface area contributed by atoms with Crippen LogP contribution in [0.4, 0.5) is 13.2 Å². The molecule has 0 bridgehead atoms. The highest BCUT2D eigenvalue weighted by molar-refractivity contribution is 5.76. The molecule has 1 aromatic heterocycles. The third kappa shape index (κ3) is 4.33. The van der Waals surface area contributed by atoms with E-state index >= 15 is 0 Å². The van der Waals surface area contributed by atoms with Crippen molar-refractivity contribution in [3.8, 4) is 0 Å². The number of aromatic nitrogens is 1. The zero-order valence-electron chi connectivity index (χ0n) is 14.2. The van der Waals surface area contributed by atoms with Gasteiger partial charge in [0.15, 0.2) is 0 Å². The second-order valence-electron chi connectivity index (χ2n) is 6.67. The number of hydrogen-bond acceptors (Lipinski definition) is 2. The van der Waals surface area contributed by atoms with Crippen LogP contribution < -0.4 is 10.9 Å². The van der Waals surface area contributed by atoms with Gasteiger partial charge in [-0.1, -0.05) is 29.8 Å². The highest BCUT2D eigenvalue weighted by atomic mass is 19.4. The van der Waals surface area contributed by atoms with Crippen LogP contribution >= 0.6 is 0 Å². The van der Waals surface area contributed by atoms with Gasteiger partial charge in [-0.15, -0.1) is 0 Å². The molecule has 1 unspecified atom stereocenters. The minimum atomic E-state index is -4.57. The monoisotopic (exact) mass is 364 g/mol. The molecule has 1 aliphatic carbocycles. The Kier molecular flexibility index (Phi) is 4.89. The Hall–Kier alpha value is -2.57. The summed E-state index contributed by atoms with van der Waals surface area (Å²) in [5.74, 6) is -0.163. The maximum atomic E-state index is 12.8. The number of alkyl halides is 3. The summed E-state index contributed by atoms with van der Waals surface area (Å²) in [5, 5.41) is 2.87. The number of carbonyl (C=O) groups excluding carboxylic acids is 1. The first-order valence-electron chi connectivity index (χ1n) is 8.37. The summed E-state index contributed by atoms with van der Waals surface area (Å²) in [6, 6.07) is 9.14. The Labute approximate surface area is 148 Å². The molecule has 138 valence electrons. The second-order valence-corrected chi connectivity index (χ2v) is 6.67. The van der Waals surface area contributed by atoms with Crippen molar-refractivity contribution >= 4 is 5.91 Å². The van der Waals surface area contributed by atoms with Crippen molar-refractivity contribution in [2.75, 3.05) is 0 Å². The topological polar surface area (TPSA) is 51.1 Å². The van der Waals surface area contributed by atoms with E-state index in [1.807, 2.05) is 31.2 Å². The Morgan fingerprint density at radius 3 is 2.42 bits per heavy atom. The SMILES string of the molecule is Cc1ccc(C(NC(=O)Cn2cc(C(F)(F)F)ccc2=O)C2CC2)cc1. The van der Waals surface area contributed by atoms with Crippen LogP contribution in [0.15, 0.2) is 47.4 Å². The molecule has 7 heteroatoms. The standard InChI is InChI=1S/C19H19F3N2O2/c1-12-2-4-13(5-3-12)18(14-6-7-14)23-16(25)11-24-10-15(19(20,21)22)8-9-17(24)26/h2-5,8-10,14,18H,6-7,11H2,1H3,(H,23,25). The number of nitrogens with zero attached hydrogens (tertiary/aromatic N) is 1. The molecule has 0 radical (unpaired) electrons. The van der Waals surface area contributed by atoms with Crippen LogP contribution in [0.1, 0.15) is 35.6 Å². The van der Waals surface area contributed by atoms with Crippen LogP contribution in [-0.2, 0) is 17.5 Å². The van der Waals surface area contributed by atoms with Gasteiger partial charge in [0.25, 0.3) is 5.56 Å². The predicted octanol–water partition coefficient (Wildman–Crippen LogP) is 3.44. The Morgan fingerprint density at radius 1 is 1.19 bits per heavy atom. The molecule has 4 nitrogen and oxygen atoms in total. The van der Waals surface area contributed by atoms with E-state index in [0.29, 0.717) is 12.1 Å². The van der Waals surface area contributed by atoms with Gasteiger partial charge in [-0.05, 0) is 37.3 Å². The van der Waals surface area contributed by atoms with Crippen molar-refractivity contribution in [2.24, 2.45) is 5.92 Å². The normalized spacial score (nSPS) is 15.5. The van der Waals surface area contributed by atoms with Crippen molar-refractivity contribution in [2.45, 2.75) is 38.5 Å². The van der Waals surface area contributed by atoms with Gasteiger partial charge in [0.2, 0.25) is 5.91 Å². The fourth-order valence-corrected chi connectivity index (χ4v) is 2.87. The molecule has 1 heterocycles. The number of nitrogens with one attached hydrogen (secondary N) is 1. The van der Waals surface area contributed by atoms with Gasteiger partial charge >= 0.3 is 6.18 Å². The second kappa shape index (κ2) is 6.97. The number of carbonyl (C=O) groups is 1. The fraction of sp³-hybridized carbons (Fsp3) is 0.368. The number of amides is 1. The minimum absolute atomic E-state index is 0.190. The summed E-state index contributed by atoms with van der Waals surface area (Å²) in [6.45, 7) is 1.52. The number of hydrogen-bond donors (Lipinski definition) is 1. The summed E-state index contributed by atoms with van der Waals surface area (Å²) in [6.07, 6.45) is -1.91. The maximum Gasteiger partial charge on any atom is 0.417 e. The number of benzene rings is 1. The lowest BCUT2D eigenvalue weighted by molar-refractivity contribution is -0.138. The van der Waals surface area contributed by atoms with Crippen molar-refractivity contribution < 1.29 is 18.0 Å². The van der Waals surface area contributed by atoms with E-state index in [-0.39, 0.29) is 6.04 Å². The number of aryl methyl sites for hydroxylation is 1. The lowest BCUT2D eigenvalue weighted by atomic mass is 10.0. The maximum absolute atomic E-state index is 12.8. The number of halogens is 3. The van der Waals surface area contributed by atoms with Crippen LogP contribution in [0.3, 0.4) is 0 Å². The van der Waals surface area contributed by atoms with E-state index in [1.54, 1.807) is 0 Å². The minimum Gasteiger partial charge on any atom is -0.347 e. The predicted molar refractivity (Wildman–Crippen MR) is 90.5 cm³/mol. The van der Waals surface area contributed by atoms with E-state index in [0.717, 1.165) is 40.7 Å². The highest BCUT2D eigenvalue weighted by Crippen LogP contribution is 2.41. The molecule has 26 heavy (non-hydrogen) atoms. The average Bonchev–Trinajstić information content (AvgIpc) is 3.39. The van der Waals surface area contributed by atoms with Crippen LogP contribution in [0.25, 0.3) is 0 Å². The molecule has 1 atom stereocenters. The molecule has 1 saturated carbocycles. The molecule has 1 aromatic carbocycles. The summed E-state index contributed by atoms with van der Waals surface area (Å²) in [5.41, 5.74) is 0.460. The van der Waals surface area contributed by atoms with Gasteiger partial charge in [0, 0.05) is 12.3 Å². The molecule has 0 saturated heterocycles. The molecular formula is C19H19F3N2O2. The highest BCUT2D eigenvalue weighted by Gasteiger charge is 2.34. The smallest absolute Gasteiger partial charge is 0.347 e. The fourth-order valence-electron chi connectivity index (χ4n) is 2.87. The van der Waals surface area contributed by atoms with E-state index < -0.39 is 29.8 Å². The molecule has 1 fully saturated rings. The first kappa shape index (κ1) is 18.2. The third-order valence-corrected chi connectivity index (χ3v) is 4.47. The van der Waals surface area contributed by atoms with E-state index in [1.165, 1.54) is 0 Å². The Bertz CT molecular complexity index is 852. The first-order chi connectivity index (χ1) is 12.2. The first-order valence-corrected chi connectivity index (χ1v) is 8.37. The van der Waals surface area contributed by atoms with Crippen LogP contribution in [-0.4, -0.2) is 10.5 Å². The van der Waals surface area contributed by atoms with Crippen molar-refractivity contribution in [1.29, 1.82) is 0 Å². The molecule has 2 aromatic rings. The Morgan fingerprint density at radius 2 is 1.85 bits per heavy atom. The molecule has 0 aliphatic heterocycles. The van der Waals surface area contributed by atoms with Crippen molar-refractivity contribution in [3.05, 3.63) is 69.6 Å². The van der Waals surface area contributed by atoms with Crippen molar-refractivity contribution in [3.63, 3.8) is 0 Å². The molecule has 1 aliphatic rings. The van der Waals surface area contributed by atoms with Gasteiger partial charge in [-0.3, -0.25) is 9.59 Å². The van der Waals surface area contributed by atoms with Crippen LogP contribution in [0.2, 0.25) is 0 Å². The van der Waals surface area contributed by atoms with Gasteiger partial charge in [-0.2, -0.15) is 13.2 Å². The van der Waals surface area contributed by atoms with Gasteiger partial charge < -0.3 is 9.88 Å². The zero-order chi connectivity index (χ0) is 18.9. The lowest BCUT2D eigenvalue weighted by Gasteiger charge is -2.19. The van der Waals surface area contributed by atoms with Crippen LogP contribution in [0, 0.1) is 12.8 Å². The molecule has 1 amide bonds. The van der Waals surface area contributed by atoms with E-state index in [4.69, 9.17) is 0 Å². The van der Waals surface area contributed by atoms with Gasteiger partial charge in [0.1, 0.15) is 6.54 Å². The van der Waals surface area contributed by atoms with Crippen LogP contribution in [0.5, 0.6) is 0 Å².